The minimum absolute atomic E-state index is 0.0710. The molecule has 1 saturated heterocycles. The zero-order valence-electron chi connectivity index (χ0n) is 17.3. The average Bonchev–Trinajstić information content (AvgIpc) is 3.31. The van der Waals surface area contributed by atoms with Crippen LogP contribution < -0.4 is 4.74 Å². The Kier molecular flexibility index (Phi) is 4.76. The SMILES string of the molecule is O=C(c1nc2c(s1)CCOc1cc(-c3cn[nH]c3)ccc1-2)N1CCN(CC2CC2)CC1. The molecule has 1 aromatic carbocycles. The van der Waals surface area contributed by atoms with E-state index in [2.05, 4.69) is 21.2 Å². The molecule has 1 aliphatic carbocycles. The molecule has 0 unspecified atom stereocenters. The molecule has 0 bridgehead atoms. The lowest BCUT2D eigenvalue weighted by Crippen LogP contribution is -2.49. The Bertz CT molecular complexity index is 1100. The molecule has 4 heterocycles. The lowest BCUT2D eigenvalue weighted by molar-refractivity contribution is 0.0631. The second-order valence-electron chi connectivity index (χ2n) is 8.62. The van der Waals surface area contributed by atoms with Crippen LogP contribution in [0.3, 0.4) is 0 Å². The van der Waals surface area contributed by atoms with Crippen molar-refractivity contribution in [1.29, 1.82) is 0 Å². The highest BCUT2D eigenvalue weighted by Crippen LogP contribution is 2.40. The maximum Gasteiger partial charge on any atom is 0.282 e. The third-order valence-electron chi connectivity index (χ3n) is 6.41. The summed E-state index contributed by atoms with van der Waals surface area (Å²) in [4.78, 5) is 23.6. The van der Waals surface area contributed by atoms with E-state index < -0.39 is 0 Å². The molecule has 2 fully saturated rings. The largest absolute Gasteiger partial charge is 0.492 e. The van der Waals surface area contributed by atoms with Crippen LogP contribution >= 0.6 is 11.3 Å². The van der Waals surface area contributed by atoms with Gasteiger partial charge in [0.1, 0.15) is 5.75 Å². The number of piperazine rings is 1. The predicted molar refractivity (Wildman–Crippen MR) is 119 cm³/mol. The summed E-state index contributed by atoms with van der Waals surface area (Å²) in [7, 11) is 0. The molecule has 3 aromatic rings. The number of nitrogens with zero attached hydrogens (tertiary/aromatic N) is 4. The predicted octanol–water partition coefficient (Wildman–Crippen LogP) is 3.30. The van der Waals surface area contributed by atoms with Crippen LogP contribution in [0.15, 0.2) is 30.6 Å². The first-order valence-electron chi connectivity index (χ1n) is 11.0. The molecule has 1 amide bonds. The smallest absolute Gasteiger partial charge is 0.282 e. The minimum atomic E-state index is 0.0710. The van der Waals surface area contributed by atoms with Crippen molar-refractivity contribution in [3.8, 4) is 28.1 Å². The summed E-state index contributed by atoms with van der Waals surface area (Å²) in [6, 6.07) is 6.14. The molecular weight excluding hydrogens is 410 g/mol. The van der Waals surface area contributed by atoms with Crippen LogP contribution in [0.2, 0.25) is 0 Å². The first-order chi connectivity index (χ1) is 15.2. The van der Waals surface area contributed by atoms with Gasteiger partial charge in [-0.2, -0.15) is 5.10 Å². The average molecular weight is 436 g/mol. The maximum absolute atomic E-state index is 13.2. The number of rotatable bonds is 4. The standard InChI is InChI=1S/C23H25N5O2S/c29-23(28-8-6-27(7-9-28)14-15-1-2-15)22-26-21-18-4-3-16(17-12-24-25-13-17)11-19(18)30-10-5-20(21)31-22/h3-4,11-13,15H,1-2,5-10,14H2,(H,24,25). The van der Waals surface area contributed by atoms with Gasteiger partial charge in [-0.15, -0.1) is 11.3 Å². The van der Waals surface area contributed by atoms with Crippen LogP contribution in [0.25, 0.3) is 22.4 Å². The Morgan fingerprint density at radius 2 is 2.06 bits per heavy atom. The molecule has 0 atom stereocenters. The van der Waals surface area contributed by atoms with Crippen LogP contribution in [-0.4, -0.2) is 70.2 Å². The number of benzene rings is 1. The van der Waals surface area contributed by atoms with Crippen molar-refractivity contribution in [3.05, 3.63) is 40.5 Å². The number of thiazole rings is 1. The van der Waals surface area contributed by atoms with E-state index in [-0.39, 0.29) is 5.91 Å². The van der Waals surface area contributed by atoms with Crippen molar-refractivity contribution < 1.29 is 9.53 Å². The Morgan fingerprint density at radius 1 is 1.19 bits per heavy atom. The van der Waals surface area contributed by atoms with E-state index in [1.807, 2.05) is 23.2 Å². The third-order valence-corrected chi connectivity index (χ3v) is 7.51. The second-order valence-corrected chi connectivity index (χ2v) is 9.71. The van der Waals surface area contributed by atoms with Crippen molar-refractivity contribution in [1.82, 2.24) is 25.0 Å². The normalized spacial score (nSPS) is 18.8. The molecule has 160 valence electrons. The van der Waals surface area contributed by atoms with Gasteiger partial charge >= 0.3 is 0 Å². The number of ether oxygens (including phenoxy) is 1. The summed E-state index contributed by atoms with van der Waals surface area (Å²) in [5.41, 5.74) is 3.92. The van der Waals surface area contributed by atoms with Gasteiger partial charge in [-0.25, -0.2) is 4.98 Å². The van der Waals surface area contributed by atoms with Crippen LogP contribution in [0.5, 0.6) is 5.75 Å². The van der Waals surface area contributed by atoms with E-state index in [1.165, 1.54) is 30.7 Å². The summed E-state index contributed by atoms with van der Waals surface area (Å²) in [6.07, 6.45) is 7.18. The van der Waals surface area contributed by atoms with E-state index >= 15 is 0 Å². The number of carbonyl (C=O) groups excluding carboxylic acids is 1. The Labute approximate surface area is 185 Å². The number of fused-ring (bicyclic) bond motifs is 3. The lowest BCUT2D eigenvalue weighted by Gasteiger charge is -2.34. The van der Waals surface area contributed by atoms with Crippen molar-refractivity contribution in [2.45, 2.75) is 19.3 Å². The van der Waals surface area contributed by atoms with Gasteiger partial charge in [0.25, 0.3) is 5.91 Å². The van der Waals surface area contributed by atoms with E-state index in [9.17, 15) is 4.79 Å². The summed E-state index contributed by atoms with van der Waals surface area (Å²) < 4.78 is 6.03. The first-order valence-corrected chi connectivity index (χ1v) is 11.8. The molecule has 1 N–H and O–H groups in total. The van der Waals surface area contributed by atoms with Gasteiger partial charge in [-0.3, -0.25) is 14.8 Å². The number of carbonyl (C=O) groups is 1. The van der Waals surface area contributed by atoms with Gasteiger partial charge in [-0.1, -0.05) is 6.07 Å². The number of hydrogen-bond donors (Lipinski definition) is 1. The molecule has 8 heteroatoms. The van der Waals surface area contributed by atoms with Gasteiger partial charge in [0, 0.05) is 61.3 Å². The molecule has 0 radical (unpaired) electrons. The fraction of sp³-hybridized carbons (Fsp3) is 0.435. The monoisotopic (exact) mass is 435 g/mol. The Balaban J connectivity index is 1.23. The summed E-state index contributed by atoms with van der Waals surface area (Å²) in [5, 5.41) is 7.49. The molecule has 6 rings (SSSR count). The molecule has 3 aliphatic rings. The number of amides is 1. The highest BCUT2D eigenvalue weighted by Gasteiger charge is 2.30. The van der Waals surface area contributed by atoms with Gasteiger partial charge in [0.15, 0.2) is 5.01 Å². The minimum Gasteiger partial charge on any atom is -0.492 e. The fourth-order valence-electron chi connectivity index (χ4n) is 4.44. The fourth-order valence-corrected chi connectivity index (χ4v) is 5.46. The van der Waals surface area contributed by atoms with Crippen LogP contribution in [0.4, 0.5) is 0 Å². The molecule has 2 aromatic heterocycles. The van der Waals surface area contributed by atoms with Crippen molar-refractivity contribution in [2.24, 2.45) is 5.92 Å². The van der Waals surface area contributed by atoms with E-state index in [1.54, 1.807) is 6.20 Å². The number of hydrogen-bond acceptors (Lipinski definition) is 6. The number of aromatic nitrogens is 3. The molecule has 7 nitrogen and oxygen atoms in total. The third kappa shape index (κ3) is 3.74. The summed E-state index contributed by atoms with van der Waals surface area (Å²) >= 11 is 1.53. The first kappa shape index (κ1) is 19.0. The van der Waals surface area contributed by atoms with Gasteiger partial charge in [0.05, 0.1) is 18.5 Å². The van der Waals surface area contributed by atoms with E-state index in [4.69, 9.17) is 9.72 Å². The summed E-state index contributed by atoms with van der Waals surface area (Å²) in [5.74, 6) is 1.78. The topological polar surface area (TPSA) is 74.3 Å². The molecule has 2 aliphatic heterocycles. The molecule has 1 saturated carbocycles. The van der Waals surface area contributed by atoms with Gasteiger partial charge in [-0.05, 0) is 36.5 Å². The maximum atomic E-state index is 13.2. The number of H-pyrrole nitrogens is 1. The molecule has 31 heavy (non-hydrogen) atoms. The van der Waals surface area contributed by atoms with E-state index in [0.29, 0.717) is 11.6 Å². The van der Waals surface area contributed by atoms with Crippen molar-refractivity contribution >= 4 is 17.2 Å². The van der Waals surface area contributed by atoms with Crippen LogP contribution in [0, 0.1) is 5.92 Å². The van der Waals surface area contributed by atoms with Crippen molar-refractivity contribution in [3.63, 3.8) is 0 Å². The zero-order chi connectivity index (χ0) is 20.8. The molecular formula is C23H25N5O2S. The van der Waals surface area contributed by atoms with Crippen molar-refractivity contribution in [2.75, 3.05) is 39.3 Å². The van der Waals surface area contributed by atoms with Gasteiger partial charge < -0.3 is 9.64 Å². The zero-order valence-corrected chi connectivity index (χ0v) is 18.2. The quantitative estimate of drug-likeness (QED) is 0.681. The van der Waals surface area contributed by atoms with Crippen LogP contribution in [-0.2, 0) is 6.42 Å². The second kappa shape index (κ2) is 7.76. The van der Waals surface area contributed by atoms with Crippen LogP contribution in [0.1, 0.15) is 27.5 Å². The Morgan fingerprint density at radius 3 is 2.84 bits per heavy atom. The Hall–Kier alpha value is -2.71. The van der Waals surface area contributed by atoms with Gasteiger partial charge in [0.2, 0.25) is 0 Å². The highest BCUT2D eigenvalue weighted by molar-refractivity contribution is 7.14. The lowest BCUT2D eigenvalue weighted by atomic mass is 10.0. The summed E-state index contributed by atoms with van der Waals surface area (Å²) in [6.45, 7) is 5.32. The number of aromatic amines is 1. The molecule has 0 spiro atoms. The van der Waals surface area contributed by atoms with E-state index in [0.717, 1.165) is 71.5 Å². The number of nitrogens with one attached hydrogen (secondary N) is 1. The highest BCUT2D eigenvalue weighted by atomic mass is 32.1.